The Balaban J connectivity index is 1.20. The molecule has 3 amide bonds. The number of nitrogens with one attached hydrogen (secondary N) is 1. The van der Waals surface area contributed by atoms with Crippen LogP contribution in [0.15, 0.2) is 94.1 Å². The molecule has 0 saturated carbocycles. The van der Waals surface area contributed by atoms with Crippen LogP contribution in [-0.4, -0.2) is 40.1 Å². The summed E-state index contributed by atoms with van der Waals surface area (Å²) in [4.78, 5) is 69.0. The van der Waals surface area contributed by atoms with Gasteiger partial charge in [0.2, 0.25) is 17.7 Å². The predicted octanol–water partition coefficient (Wildman–Crippen LogP) is 5.74. The van der Waals surface area contributed by atoms with Crippen LogP contribution in [0.1, 0.15) is 33.0 Å². The summed E-state index contributed by atoms with van der Waals surface area (Å²) < 4.78 is 6.46. The molecule has 0 spiro atoms. The third kappa shape index (κ3) is 5.18. The van der Waals surface area contributed by atoms with Gasteiger partial charge in [0, 0.05) is 21.4 Å². The highest BCUT2D eigenvalue weighted by atomic mass is 32.2. The Labute approximate surface area is 269 Å². The molecule has 1 N–H and O–H groups in total. The predicted molar refractivity (Wildman–Crippen MR) is 175 cm³/mol. The standard InChI is InChI=1S/C33H25N3O6S3/c1-2-42-32(40)19-10-13-22(14-11-19)36-29(38)26-25(23-8-5-15-43-23)28-31(44-27(26)30(36)39)35(33(41)45-28)17-24(37)34-21-12-9-18-6-3-4-7-20(18)16-21/h3-16,25-27H,2,17H2,1H3,(H,34,37)/t25-,26?,27?/m1/s1. The lowest BCUT2D eigenvalue weighted by molar-refractivity contribution is -0.122. The zero-order chi connectivity index (χ0) is 31.2. The molecule has 0 radical (unpaired) electrons. The molecule has 45 heavy (non-hydrogen) atoms. The molecule has 4 heterocycles. The number of anilines is 2. The third-order valence-corrected chi connectivity index (χ3v) is 11.4. The number of benzene rings is 3. The number of thiophene rings is 1. The Morgan fingerprint density at radius 2 is 1.69 bits per heavy atom. The van der Waals surface area contributed by atoms with Crippen LogP contribution in [0, 0.1) is 5.92 Å². The average Bonchev–Trinajstić information content (AvgIpc) is 3.74. The van der Waals surface area contributed by atoms with Gasteiger partial charge in [-0.2, -0.15) is 0 Å². The number of nitrogens with zero attached hydrogens (tertiary/aromatic N) is 2. The van der Waals surface area contributed by atoms with Gasteiger partial charge in [-0.3, -0.25) is 23.7 Å². The summed E-state index contributed by atoms with van der Waals surface area (Å²) >= 11 is 3.63. The Kier molecular flexibility index (Phi) is 7.64. The van der Waals surface area contributed by atoms with E-state index in [-0.39, 0.29) is 29.8 Å². The van der Waals surface area contributed by atoms with Crippen molar-refractivity contribution in [3.63, 3.8) is 0 Å². The van der Waals surface area contributed by atoms with Crippen molar-refractivity contribution < 1.29 is 23.9 Å². The summed E-state index contributed by atoms with van der Waals surface area (Å²) in [6.07, 6.45) is 0. The van der Waals surface area contributed by atoms with Gasteiger partial charge in [-0.1, -0.05) is 59.5 Å². The van der Waals surface area contributed by atoms with Crippen molar-refractivity contribution in [2.24, 2.45) is 5.92 Å². The van der Waals surface area contributed by atoms with Gasteiger partial charge in [-0.15, -0.1) is 11.3 Å². The number of fused-ring (bicyclic) bond motifs is 3. The minimum atomic E-state index is -0.800. The van der Waals surface area contributed by atoms with Gasteiger partial charge in [0.05, 0.1) is 28.8 Å². The molecule has 5 aromatic rings. The smallest absolute Gasteiger partial charge is 0.338 e. The summed E-state index contributed by atoms with van der Waals surface area (Å²) in [7, 11) is 0. The van der Waals surface area contributed by atoms with Gasteiger partial charge in [0.15, 0.2) is 0 Å². The van der Waals surface area contributed by atoms with Gasteiger partial charge < -0.3 is 10.1 Å². The number of hydrogen-bond donors (Lipinski definition) is 1. The maximum atomic E-state index is 14.0. The quantitative estimate of drug-likeness (QED) is 0.176. The Morgan fingerprint density at radius 3 is 2.42 bits per heavy atom. The van der Waals surface area contributed by atoms with Crippen LogP contribution in [0.2, 0.25) is 0 Å². The minimum Gasteiger partial charge on any atom is -0.462 e. The van der Waals surface area contributed by atoms with Gasteiger partial charge in [-0.05, 0) is 65.5 Å². The van der Waals surface area contributed by atoms with Crippen molar-refractivity contribution in [1.82, 2.24) is 4.57 Å². The first-order valence-electron chi connectivity index (χ1n) is 14.2. The average molecular weight is 656 g/mol. The molecule has 2 aliphatic heterocycles. The van der Waals surface area contributed by atoms with Crippen LogP contribution >= 0.6 is 34.4 Å². The van der Waals surface area contributed by atoms with E-state index in [1.807, 2.05) is 60.0 Å². The molecule has 3 atom stereocenters. The molecule has 12 heteroatoms. The molecule has 0 aliphatic carbocycles. The molecular weight excluding hydrogens is 631 g/mol. The zero-order valence-corrected chi connectivity index (χ0v) is 26.2. The van der Waals surface area contributed by atoms with Crippen molar-refractivity contribution in [3.05, 3.63) is 109 Å². The van der Waals surface area contributed by atoms with Crippen molar-refractivity contribution in [3.8, 4) is 0 Å². The first-order valence-corrected chi connectivity index (χ1v) is 16.8. The summed E-state index contributed by atoms with van der Waals surface area (Å²) in [5.41, 5.74) is 1.28. The van der Waals surface area contributed by atoms with Gasteiger partial charge in [-0.25, -0.2) is 9.69 Å². The summed E-state index contributed by atoms with van der Waals surface area (Å²) in [5, 5.41) is 6.54. The SMILES string of the molecule is CCOC(=O)c1ccc(N2C(=O)C3Sc4c(sc(=O)n4CC(=O)Nc4ccc5ccccc5c4)[C@H](c4cccs4)C3C2=O)cc1. The van der Waals surface area contributed by atoms with E-state index in [1.165, 1.54) is 32.9 Å². The minimum absolute atomic E-state index is 0.231. The van der Waals surface area contributed by atoms with E-state index in [0.29, 0.717) is 26.8 Å². The number of amides is 3. The van der Waals surface area contributed by atoms with Crippen LogP contribution < -0.4 is 15.1 Å². The largest absolute Gasteiger partial charge is 0.462 e. The summed E-state index contributed by atoms with van der Waals surface area (Å²) in [6.45, 7) is 1.71. The second kappa shape index (κ2) is 11.8. The summed E-state index contributed by atoms with van der Waals surface area (Å²) in [6, 6.07) is 23.4. The van der Waals surface area contributed by atoms with Gasteiger partial charge in [0.25, 0.3) is 0 Å². The van der Waals surface area contributed by atoms with Crippen LogP contribution in [0.4, 0.5) is 11.4 Å². The highest BCUT2D eigenvalue weighted by Crippen LogP contribution is 2.54. The Morgan fingerprint density at radius 1 is 0.911 bits per heavy atom. The molecule has 9 nitrogen and oxygen atoms in total. The van der Waals surface area contributed by atoms with E-state index in [4.69, 9.17) is 4.74 Å². The number of hydrogen-bond acceptors (Lipinski definition) is 9. The van der Waals surface area contributed by atoms with Crippen molar-refractivity contribution in [1.29, 1.82) is 0 Å². The number of thioether (sulfide) groups is 1. The normalized spacial score (nSPS) is 19.0. The first-order chi connectivity index (χ1) is 21.8. The first kappa shape index (κ1) is 29.2. The Bertz CT molecular complexity index is 2030. The van der Waals surface area contributed by atoms with Crippen molar-refractivity contribution in [2.45, 2.75) is 29.7 Å². The second-order valence-electron chi connectivity index (χ2n) is 10.6. The van der Waals surface area contributed by atoms with Crippen LogP contribution in [0.25, 0.3) is 10.8 Å². The lowest BCUT2D eigenvalue weighted by Crippen LogP contribution is -2.32. The molecule has 1 fully saturated rings. The fourth-order valence-electron chi connectivity index (χ4n) is 5.86. The number of ether oxygens (including phenoxy) is 1. The van der Waals surface area contributed by atoms with E-state index in [1.54, 1.807) is 19.1 Å². The van der Waals surface area contributed by atoms with E-state index < -0.39 is 29.0 Å². The van der Waals surface area contributed by atoms with E-state index in [9.17, 15) is 24.0 Å². The molecule has 1 saturated heterocycles. The van der Waals surface area contributed by atoms with E-state index >= 15 is 0 Å². The number of thiazole rings is 1. The number of aromatic nitrogens is 1. The molecule has 3 aromatic carbocycles. The molecule has 2 aromatic heterocycles. The number of esters is 1. The van der Waals surface area contributed by atoms with Crippen LogP contribution in [0.3, 0.4) is 0 Å². The fourth-order valence-corrected chi connectivity index (χ4v) is 9.58. The number of imide groups is 1. The molecule has 2 unspecified atom stereocenters. The fraction of sp³-hybridized carbons (Fsp3) is 0.182. The second-order valence-corrected chi connectivity index (χ2v) is 13.7. The maximum Gasteiger partial charge on any atom is 0.338 e. The molecular formula is C33H25N3O6S3. The van der Waals surface area contributed by atoms with Crippen LogP contribution in [0.5, 0.6) is 0 Å². The summed E-state index contributed by atoms with van der Waals surface area (Å²) in [5.74, 6) is -2.90. The highest BCUT2D eigenvalue weighted by Gasteiger charge is 2.57. The monoisotopic (exact) mass is 655 g/mol. The van der Waals surface area contributed by atoms with Crippen molar-refractivity contribution in [2.75, 3.05) is 16.8 Å². The maximum absolute atomic E-state index is 14.0. The number of carbonyl (C=O) groups excluding carboxylic acids is 4. The van der Waals surface area contributed by atoms with Crippen LogP contribution in [-0.2, 0) is 25.7 Å². The lowest BCUT2D eigenvalue weighted by atomic mass is 9.87. The molecule has 2 aliphatic rings. The molecule has 7 rings (SSSR count). The van der Waals surface area contributed by atoms with E-state index in [2.05, 4.69) is 5.32 Å². The molecule has 0 bridgehead atoms. The third-order valence-electron chi connectivity index (χ3n) is 7.87. The number of rotatable bonds is 7. The van der Waals surface area contributed by atoms with Gasteiger partial charge in [0.1, 0.15) is 11.8 Å². The number of carbonyl (C=O) groups is 4. The Hall–Kier alpha value is -4.52. The molecule has 226 valence electrons. The highest BCUT2D eigenvalue weighted by molar-refractivity contribution is 8.00. The van der Waals surface area contributed by atoms with Gasteiger partial charge >= 0.3 is 10.8 Å². The zero-order valence-electron chi connectivity index (χ0n) is 23.8. The lowest BCUT2D eigenvalue weighted by Gasteiger charge is -2.29. The topological polar surface area (TPSA) is 115 Å². The van der Waals surface area contributed by atoms with Crippen molar-refractivity contribution >= 4 is 80.3 Å². The van der Waals surface area contributed by atoms with E-state index in [0.717, 1.165) is 38.7 Å².